The van der Waals surface area contributed by atoms with Gasteiger partial charge in [0.1, 0.15) is 12.5 Å². The first-order valence-electron chi connectivity index (χ1n) is 12.9. The number of ether oxygens (including phenoxy) is 2. The van der Waals surface area contributed by atoms with Gasteiger partial charge in [0, 0.05) is 45.1 Å². The van der Waals surface area contributed by atoms with Gasteiger partial charge in [-0.1, -0.05) is 0 Å². The molecule has 37 heavy (non-hydrogen) atoms. The summed E-state index contributed by atoms with van der Waals surface area (Å²) in [5, 5.41) is 14.3. The number of nitrogens with one attached hydrogen (secondary N) is 1. The number of halogens is 4. The number of anilines is 1. The van der Waals surface area contributed by atoms with Gasteiger partial charge in [-0.15, -0.1) is 0 Å². The van der Waals surface area contributed by atoms with E-state index in [0.29, 0.717) is 52.0 Å². The molecule has 0 radical (unpaired) electrons. The SMILES string of the molecule is CO[C@@H]1COCC[C@@H]1N[C@@H]1CC[C@@](C(=O)N2C[C@@H]3C[C@H]2CN3c2cc(C(F)(F)F)ccn2)(C(O)CF)C1. The average molecular weight is 531 g/mol. The summed E-state index contributed by atoms with van der Waals surface area (Å²) < 4.78 is 64.4. The van der Waals surface area contributed by atoms with Gasteiger partial charge in [0.25, 0.3) is 0 Å². The number of alkyl halides is 4. The van der Waals surface area contributed by atoms with Crippen LogP contribution in [0.25, 0.3) is 0 Å². The Morgan fingerprint density at radius 1 is 1.35 bits per heavy atom. The van der Waals surface area contributed by atoms with Crippen LogP contribution < -0.4 is 10.2 Å². The maximum atomic E-state index is 13.9. The van der Waals surface area contributed by atoms with Crippen LogP contribution in [0.4, 0.5) is 23.4 Å². The fourth-order valence-corrected chi connectivity index (χ4v) is 6.68. The average Bonchev–Trinajstić information content (AvgIpc) is 3.63. The number of hydrogen-bond donors (Lipinski definition) is 2. The van der Waals surface area contributed by atoms with Crippen molar-refractivity contribution in [2.75, 3.05) is 45.0 Å². The Bertz CT molecular complexity index is 984. The number of likely N-dealkylation sites (tertiary alicyclic amines) is 1. The molecular formula is C25H34F4N4O4. The van der Waals surface area contributed by atoms with E-state index in [4.69, 9.17) is 9.47 Å². The van der Waals surface area contributed by atoms with E-state index in [1.807, 2.05) is 4.90 Å². The van der Waals surface area contributed by atoms with Crippen LogP contribution in [0.5, 0.6) is 0 Å². The first kappa shape index (κ1) is 26.6. The maximum absolute atomic E-state index is 13.9. The molecule has 0 aromatic carbocycles. The lowest BCUT2D eigenvalue weighted by Gasteiger charge is -2.41. The molecule has 7 atom stereocenters. The smallest absolute Gasteiger partial charge is 0.389 e. The molecule has 1 aliphatic carbocycles. The van der Waals surface area contributed by atoms with Crippen molar-refractivity contribution in [2.24, 2.45) is 5.41 Å². The number of carbonyl (C=O) groups is 1. The molecule has 2 bridgehead atoms. The van der Waals surface area contributed by atoms with Gasteiger partial charge >= 0.3 is 6.18 Å². The second-order valence-corrected chi connectivity index (χ2v) is 10.7. The second-order valence-electron chi connectivity index (χ2n) is 10.7. The molecule has 4 fully saturated rings. The van der Waals surface area contributed by atoms with E-state index in [9.17, 15) is 27.5 Å². The Balaban J connectivity index is 1.28. The highest BCUT2D eigenvalue weighted by Crippen LogP contribution is 2.46. The number of carbonyl (C=O) groups excluding carboxylic acids is 1. The summed E-state index contributed by atoms with van der Waals surface area (Å²) in [5.74, 6) is -0.0245. The van der Waals surface area contributed by atoms with Gasteiger partial charge in [0.2, 0.25) is 5.91 Å². The van der Waals surface area contributed by atoms with Crippen molar-refractivity contribution < 1.29 is 36.9 Å². The van der Waals surface area contributed by atoms with Crippen LogP contribution in [0.3, 0.4) is 0 Å². The van der Waals surface area contributed by atoms with Crippen molar-refractivity contribution in [1.29, 1.82) is 0 Å². The summed E-state index contributed by atoms with van der Waals surface area (Å²) in [4.78, 5) is 21.6. The minimum absolute atomic E-state index is 0.0495. The van der Waals surface area contributed by atoms with E-state index in [0.717, 1.165) is 24.8 Å². The molecule has 1 amide bonds. The van der Waals surface area contributed by atoms with E-state index in [2.05, 4.69) is 10.3 Å². The van der Waals surface area contributed by atoms with Crippen LogP contribution in [-0.2, 0) is 20.4 Å². The topological polar surface area (TPSA) is 87.2 Å². The molecule has 1 aromatic heterocycles. The number of methoxy groups -OCH3 is 1. The Labute approximate surface area is 213 Å². The van der Waals surface area contributed by atoms with Crippen molar-refractivity contribution in [3.8, 4) is 0 Å². The van der Waals surface area contributed by atoms with Crippen LogP contribution in [0.2, 0.25) is 0 Å². The van der Waals surface area contributed by atoms with Gasteiger partial charge in [-0.2, -0.15) is 13.2 Å². The van der Waals surface area contributed by atoms with Crippen molar-refractivity contribution in [1.82, 2.24) is 15.2 Å². The molecule has 3 saturated heterocycles. The van der Waals surface area contributed by atoms with E-state index in [1.165, 1.54) is 0 Å². The minimum Gasteiger partial charge on any atom is -0.389 e. The second kappa shape index (κ2) is 10.3. The van der Waals surface area contributed by atoms with Crippen LogP contribution in [-0.4, -0.2) is 97.4 Å². The number of rotatable bonds is 7. The molecule has 5 rings (SSSR count). The number of amides is 1. The summed E-state index contributed by atoms with van der Waals surface area (Å²) in [6, 6.07) is 1.56. The third-order valence-corrected chi connectivity index (χ3v) is 8.68. The fraction of sp³-hybridized carbons (Fsp3) is 0.760. The number of aliphatic hydroxyl groups is 1. The van der Waals surface area contributed by atoms with E-state index >= 15 is 0 Å². The summed E-state index contributed by atoms with van der Waals surface area (Å²) in [7, 11) is 1.63. The molecule has 1 saturated carbocycles. The van der Waals surface area contributed by atoms with Crippen LogP contribution in [0.1, 0.15) is 37.7 Å². The van der Waals surface area contributed by atoms with Crippen molar-refractivity contribution in [3.63, 3.8) is 0 Å². The number of hydrogen-bond acceptors (Lipinski definition) is 7. The monoisotopic (exact) mass is 530 g/mol. The van der Waals surface area contributed by atoms with Crippen molar-refractivity contribution in [3.05, 3.63) is 23.9 Å². The zero-order valence-corrected chi connectivity index (χ0v) is 20.8. The molecule has 8 nitrogen and oxygen atoms in total. The predicted octanol–water partition coefficient (Wildman–Crippen LogP) is 2.15. The third kappa shape index (κ3) is 4.93. The number of fused-ring (bicyclic) bond motifs is 2. The van der Waals surface area contributed by atoms with Crippen molar-refractivity contribution in [2.45, 2.75) is 74.7 Å². The van der Waals surface area contributed by atoms with Gasteiger partial charge in [-0.3, -0.25) is 4.79 Å². The van der Waals surface area contributed by atoms with Gasteiger partial charge < -0.3 is 29.7 Å². The van der Waals surface area contributed by atoms with Crippen LogP contribution in [0.15, 0.2) is 18.3 Å². The molecule has 4 heterocycles. The Hall–Kier alpha value is -2.02. The highest BCUT2D eigenvalue weighted by Gasteiger charge is 2.56. The van der Waals surface area contributed by atoms with Gasteiger partial charge in [0.05, 0.1) is 41.9 Å². The zero-order valence-electron chi connectivity index (χ0n) is 20.8. The maximum Gasteiger partial charge on any atom is 0.416 e. The van der Waals surface area contributed by atoms with E-state index < -0.39 is 29.9 Å². The molecule has 3 aliphatic heterocycles. The number of pyridine rings is 1. The Morgan fingerprint density at radius 3 is 2.84 bits per heavy atom. The number of piperazine rings is 1. The highest BCUT2D eigenvalue weighted by atomic mass is 19.4. The zero-order chi connectivity index (χ0) is 26.4. The number of aliphatic hydroxyl groups excluding tert-OH is 1. The van der Waals surface area contributed by atoms with Gasteiger partial charge in [0.15, 0.2) is 0 Å². The number of aromatic nitrogens is 1. The standard InChI is InChI=1S/C25H34F4N4O4/c1-36-20-14-37-7-4-19(20)31-16-2-5-24(10-16,21(34)11-26)23(35)33-13-17-9-18(33)12-32(17)22-8-15(3-6-30-22)25(27,28)29/h3,6,8,16-21,31,34H,2,4-5,7,9-14H2,1H3/t16-,17+,18+,19+,20-,21?,24+/m1/s1. The molecule has 1 aromatic rings. The first-order valence-corrected chi connectivity index (χ1v) is 12.9. The quantitative estimate of drug-likeness (QED) is 0.523. The first-order chi connectivity index (χ1) is 17.7. The largest absolute Gasteiger partial charge is 0.416 e. The summed E-state index contributed by atoms with van der Waals surface area (Å²) in [6.45, 7) is 0.734. The molecule has 206 valence electrons. The highest BCUT2D eigenvalue weighted by molar-refractivity contribution is 5.85. The lowest BCUT2D eigenvalue weighted by molar-refractivity contribution is -0.151. The normalized spacial score (nSPS) is 34.8. The molecule has 1 unspecified atom stereocenters. The molecule has 4 aliphatic rings. The molecule has 2 N–H and O–H groups in total. The van der Waals surface area contributed by atoms with Gasteiger partial charge in [-0.25, -0.2) is 9.37 Å². The molecule has 0 spiro atoms. The summed E-state index contributed by atoms with van der Waals surface area (Å²) in [5.41, 5.74) is -1.99. The lowest BCUT2D eigenvalue weighted by Crippen LogP contribution is -2.57. The van der Waals surface area contributed by atoms with Crippen LogP contribution in [0, 0.1) is 5.41 Å². The lowest BCUT2D eigenvalue weighted by atomic mass is 9.78. The predicted molar refractivity (Wildman–Crippen MR) is 126 cm³/mol. The number of nitrogens with zero attached hydrogens (tertiary/aromatic N) is 3. The van der Waals surface area contributed by atoms with Crippen LogP contribution >= 0.6 is 0 Å². The van der Waals surface area contributed by atoms with E-state index in [1.54, 1.807) is 12.0 Å². The molecule has 12 heteroatoms. The van der Waals surface area contributed by atoms with Gasteiger partial charge in [-0.05, 0) is 44.2 Å². The Kier molecular flexibility index (Phi) is 7.38. The van der Waals surface area contributed by atoms with Crippen molar-refractivity contribution >= 4 is 11.7 Å². The summed E-state index contributed by atoms with van der Waals surface area (Å²) >= 11 is 0. The third-order valence-electron chi connectivity index (χ3n) is 8.68. The summed E-state index contributed by atoms with van der Waals surface area (Å²) in [6.07, 6.45) is -2.18. The minimum atomic E-state index is -4.46. The Morgan fingerprint density at radius 2 is 2.16 bits per heavy atom. The molecular weight excluding hydrogens is 496 g/mol. The fourth-order valence-electron chi connectivity index (χ4n) is 6.68. The van der Waals surface area contributed by atoms with E-state index in [-0.39, 0.29) is 42.0 Å².